The minimum atomic E-state index is -0.451. The Bertz CT molecular complexity index is 484. The fourth-order valence-electron chi connectivity index (χ4n) is 2.09. The molecule has 18 heavy (non-hydrogen) atoms. The molecule has 0 aromatic heterocycles. The van der Waals surface area contributed by atoms with Crippen LogP contribution < -0.4 is 5.32 Å². The van der Waals surface area contributed by atoms with Crippen LogP contribution in [0.4, 0.5) is 0 Å². The van der Waals surface area contributed by atoms with Crippen molar-refractivity contribution < 1.29 is 20.1 Å². The third-order valence-electron chi connectivity index (χ3n) is 3.75. The van der Waals surface area contributed by atoms with E-state index >= 15 is 0 Å². The van der Waals surface area contributed by atoms with Crippen LogP contribution in [-0.2, 0) is 0 Å². The summed E-state index contributed by atoms with van der Waals surface area (Å²) in [5.74, 6) is -0.706. The minimum Gasteiger partial charge on any atom is -0.508 e. The van der Waals surface area contributed by atoms with E-state index in [0.717, 1.165) is 0 Å². The lowest BCUT2D eigenvalue weighted by molar-refractivity contribution is -0.0689. The molecule has 1 aromatic rings. The van der Waals surface area contributed by atoms with Crippen molar-refractivity contribution in [2.45, 2.75) is 32.4 Å². The molecule has 2 rings (SSSR count). The first kappa shape index (κ1) is 12.7. The van der Waals surface area contributed by atoms with Gasteiger partial charge in [0.15, 0.2) is 0 Å². The van der Waals surface area contributed by atoms with Crippen LogP contribution in [0, 0.1) is 5.41 Å². The second-order valence-electron chi connectivity index (χ2n) is 5.30. The van der Waals surface area contributed by atoms with Gasteiger partial charge in [-0.3, -0.25) is 4.79 Å². The summed E-state index contributed by atoms with van der Waals surface area (Å²) < 4.78 is 0. The molecule has 0 bridgehead atoms. The van der Waals surface area contributed by atoms with E-state index < -0.39 is 12.0 Å². The predicted octanol–water partition coefficient (Wildman–Crippen LogP) is 0.987. The number of hydrogen-bond acceptors (Lipinski definition) is 4. The third kappa shape index (κ3) is 2.01. The first-order valence-electron chi connectivity index (χ1n) is 5.83. The second-order valence-corrected chi connectivity index (χ2v) is 5.30. The Labute approximate surface area is 105 Å². The summed E-state index contributed by atoms with van der Waals surface area (Å²) in [5, 5.41) is 31.2. The summed E-state index contributed by atoms with van der Waals surface area (Å²) in [6.07, 6.45) is 0.0683. The van der Waals surface area contributed by atoms with Crippen molar-refractivity contribution in [2.24, 2.45) is 5.41 Å². The lowest BCUT2D eigenvalue weighted by Crippen LogP contribution is -2.61. The van der Waals surface area contributed by atoms with Gasteiger partial charge in [0.2, 0.25) is 0 Å². The predicted molar refractivity (Wildman–Crippen MR) is 65.4 cm³/mol. The van der Waals surface area contributed by atoms with E-state index in [2.05, 4.69) is 5.32 Å². The van der Waals surface area contributed by atoms with Gasteiger partial charge in [0.1, 0.15) is 11.5 Å². The SMILES string of the molecule is CC1(C)C(O)CC1NC(=O)c1cc(O)ccc1O. The molecule has 5 heteroatoms. The van der Waals surface area contributed by atoms with E-state index in [1.165, 1.54) is 18.2 Å². The molecule has 0 saturated heterocycles. The zero-order valence-corrected chi connectivity index (χ0v) is 10.3. The monoisotopic (exact) mass is 251 g/mol. The van der Waals surface area contributed by atoms with Crippen molar-refractivity contribution >= 4 is 5.91 Å². The number of phenols is 2. The van der Waals surface area contributed by atoms with Crippen molar-refractivity contribution in [2.75, 3.05) is 0 Å². The van der Waals surface area contributed by atoms with E-state index in [1.807, 2.05) is 13.8 Å². The largest absolute Gasteiger partial charge is 0.508 e. The highest BCUT2D eigenvalue weighted by Crippen LogP contribution is 2.40. The number of phenolic OH excluding ortho intramolecular Hbond substituents is 2. The molecule has 0 radical (unpaired) electrons. The highest BCUT2D eigenvalue weighted by Gasteiger charge is 2.48. The van der Waals surface area contributed by atoms with Crippen LogP contribution in [0.25, 0.3) is 0 Å². The van der Waals surface area contributed by atoms with Crippen LogP contribution in [-0.4, -0.2) is 33.4 Å². The van der Waals surface area contributed by atoms with Crippen LogP contribution in [0.1, 0.15) is 30.6 Å². The number of nitrogens with one attached hydrogen (secondary N) is 1. The van der Waals surface area contributed by atoms with E-state index in [1.54, 1.807) is 0 Å². The maximum Gasteiger partial charge on any atom is 0.255 e. The number of aliphatic hydroxyl groups excluding tert-OH is 1. The van der Waals surface area contributed by atoms with E-state index in [4.69, 9.17) is 0 Å². The lowest BCUT2D eigenvalue weighted by atomic mass is 9.64. The Kier molecular flexibility index (Phi) is 2.94. The maximum atomic E-state index is 12.0. The van der Waals surface area contributed by atoms with Gasteiger partial charge in [-0.05, 0) is 24.6 Å². The zero-order valence-electron chi connectivity index (χ0n) is 10.3. The van der Waals surface area contributed by atoms with Gasteiger partial charge in [-0.1, -0.05) is 13.8 Å². The summed E-state index contributed by atoms with van der Waals surface area (Å²) in [4.78, 5) is 12.0. The van der Waals surface area contributed by atoms with Crippen LogP contribution in [0.3, 0.4) is 0 Å². The van der Waals surface area contributed by atoms with E-state index in [9.17, 15) is 20.1 Å². The molecule has 1 aliphatic rings. The fraction of sp³-hybridized carbons (Fsp3) is 0.462. The van der Waals surface area contributed by atoms with E-state index in [0.29, 0.717) is 6.42 Å². The first-order chi connectivity index (χ1) is 8.32. The van der Waals surface area contributed by atoms with Crippen LogP contribution in [0.15, 0.2) is 18.2 Å². The summed E-state index contributed by atoms with van der Waals surface area (Å²) >= 11 is 0. The van der Waals surface area contributed by atoms with E-state index in [-0.39, 0.29) is 28.5 Å². The molecule has 0 spiro atoms. The van der Waals surface area contributed by atoms with Gasteiger partial charge >= 0.3 is 0 Å². The van der Waals surface area contributed by atoms with Crippen LogP contribution in [0.5, 0.6) is 11.5 Å². The minimum absolute atomic E-state index is 0.0344. The molecule has 98 valence electrons. The van der Waals surface area contributed by atoms with Crippen LogP contribution >= 0.6 is 0 Å². The first-order valence-corrected chi connectivity index (χ1v) is 5.83. The summed E-state index contributed by atoms with van der Waals surface area (Å²) in [6, 6.07) is 3.66. The Morgan fingerprint density at radius 1 is 1.39 bits per heavy atom. The molecule has 5 nitrogen and oxygen atoms in total. The molecule has 1 fully saturated rings. The van der Waals surface area contributed by atoms with Gasteiger partial charge in [0.25, 0.3) is 5.91 Å². The standard InChI is InChI=1S/C13H17NO4/c1-13(2)10(6-11(13)17)14-12(18)8-5-7(15)3-4-9(8)16/h3-5,10-11,15-17H,6H2,1-2H3,(H,14,18). The normalized spacial score (nSPS) is 25.3. The zero-order chi connectivity index (χ0) is 13.5. The highest BCUT2D eigenvalue weighted by atomic mass is 16.3. The quantitative estimate of drug-likeness (QED) is 0.590. The average molecular weight is 251 g/mol. The third-order valence-corrected chi connectivity index (χ3v) is 3.75. The Balaban J connectivity index is 2.12. The van der Waals surface area contributed by atoms with Gasteiger partial charge in [-0.25, -0.2) is 0 Å². The fourth-order valence-corrected chi connectivity index (χ4v) is 2.09. The van der Waals surface area contributed by atoms with Crippen molar-refractivity contribution in [3.8, 4) is 11.5 Å². The summed E-state index contributed by atoms with van der Waals surface area (Å²) in [7, 11) is 0. The molecule has 2 unspecified atom stereocenters. The van der Waals surface area contributed by atoms with Crippen molar-refractivity contribution in [1.29, 1.82) is 0 Å². The Morgan fingerprint density at radius 3 is 2.61 bits per heavy atom. The van der Waals surface area contributed by atoms with Crippen molar-refractivity contribution in [1.82, 2.24) is 5.32 Å². The van der Waals surface area contributed by atoms with Gasteiger partial charge < -0.3 is 20.6 Å². The number of aliphatic hydroxyl groups is 1. The average Bonchev–Trinajstić information content (AvgIpc) is 2.31. The number of carbonyl (C=O) groups is 1. The second kappa shape index (κ2) is 4.17. The Morgan fingerprint density at radius 2 is 2.06 bits per heavy atom. The molecule has 1 aliphatic carbocycles. The molecule has 1 saturated carbocycles. The lowest BCUT2D eigenvalue weighted by Gasteiger charge is -2.49. The molecule has 2 atom stereocenters. The van der Waals surface area contributed by atoms with Crippen molar-refractivity contribution in [3.63, 3.8) is 0 Å². The van der Waals surface area contributed by atoms with Gasteiger partial charge in [-0.15, -0.1) is 0 Å². The smallest absolute Gasteiger partial charge is 0.255 e. The number of amides is 1. The van der Waals surface area contributed by atoms with Gasteiger partial charge in [-0.2, -0.15) is 0 Å². The molecule has 0 heterocycles. The number of rotatable bonds is 2. The molecule has 0 aliphatic heterocycles. The van der Waals surface area contributed by atoms with Gasteiger partial charge in [0, 0.05) is 11.5 Å². The molecule has 4 N–H and O–H groups in total. The summed E-state index contributed by atoms with van der Waals surface area (Å²) in [5.41, 5.74) is -0.338. The number of aromatic hydroxyl groups is 2. The summed E-state index contributed by atoms with van der Waals surface area (Å²) in [6.45, 7) is 3.74. The van der Waals surface area contributed by atoms with Crippen molar-refractivity contribution in [3.05, 3.63) is 23.8 Å². The number of benzene rings is 1. The molecular formula is C13H17NO4. The molecular weight excluding hydrogens is 234 g/mol. The topological polar surface area (TPSA) is 89.8 Å². The van der Waals surface area contributed by atoms with Gasteiger partial charge in [0.05, 0.1) is 11.7 Å². The maximum absolute atomic E-state index is 12.0. The van der Waals surface area contributed by atoms with Crippen LogP contribution in [0.2, 0.25) is 0 Å². The number of hydrogen-bond donors (Lipinski definition) is 4. The molecule has 1 aromatic carbocycles. The highest BCUT2D eigenvalue weighted by molar-refractivity contribution is 5.97. The molecule has 1 amide bonds. The Hall–Kier alpha value is -1.75. The number of carbonyl (C=O) groups excluding carboxylic acids is 1.